The van der Waals surface area contributed by atoms with Gasteiger partial charge in [-0.3, -0.25) is 9.48 Å². The summed E-state index contributed by atoms with van der Waals surface area (Å²) in [6, 6.07) is 12.6. The van der Waals surface area contributed by atoms with E-state index in [2.05, 4.69) is 53.1 Å². The highest BCUT2D eigenvalue weighted by Gasteiger charge is 2.07. The molecule has 1 aromatic carbocycles. The van der Waals surface area contributed by atoms with Crippen LogP contribution in [0, 0.1) is 0 Å². The number of carbonyl (C=O) groups excluding carboxylic acids is 1. The molecule has 0 aliphatic heterocycles. The van der Waals surface area contributed by atoms with Crippen molar-refractivity contribution in [3.05, 3.63) is 42.6 Å². The van der Waals surface area contributed by atoms with Gasteiger partial charge in [0.25, 0.3) is 0 Å². The summed E-state index contributed by atoms with van der Waals surface area (Å²) in [6.07, 6.45) is 3.20. The molecule has 0 atom stereocenters. The van der Waals surface area contributed by atoms with E-state index in [0.717, 1.165) is 24.4 Å². The van der Waals surface area contributed by atoms with Crippen LogP contribution in [0.5, 0.6) is 0 Å². The molecule has 3 N–H and O–H groups in total. The first-order chi connectivity index (χ1) is 9.80. The largest absolute Gasteiger partial charge is 0.372 e. The molecule has 5 nitrogen and oxygen atoms in total. The molecule has 0 spiro atoms. The Morgan fingerprint density at radius 2 is 2.10 bits per heavy atom. The molecule has 104 valence electrons. The summed E-state index contributed by atoms with van der Waals surface area (Å²) in [5.74, 6) is 0. The normalized spacial score (nSPS) is 10.1. The Labute approximate surface area is 117 Å². The van der Waals surface area contributed by atoms with Crippen LogP contribution in [-0.2, 0) is 11.3 Å². The number of nitrogens with zero attached hydrogens (tertiary/aromatic N) is 2. The molecule has 0 fully saturated rings. The molecule has 0 saturated carbocycles. The molecule has 2 heterocycles. The van der Waals surface area contributed by atoms with Gasteiger partial charge < -0.3 is 10.7 Å². The zero-order valence-corrected chi connectivity index (χ0v) is 11.4. The highest BCUT2D eigenvalue weighted by molar-refractivity contribution is 5.85. The van der Waals surface area contributed by atoms with E-state index in [1.807, 2.05) is 16.9 Å². The molecule has 5 heteroatoms. The van der Waals surface area contributed by atoms with E-state index in [-0.39, 0.29) is 6.41 Å². The number of H-pyrrole nitrogens is 1. The van der Waals surface area contributed by atoms with Crippen LogP contribution >= 0.6 is 0 Å². The maximum atomic E-state index is 8.58. The summed E-state index contributed by atoms with van der Waals surface area (Å²) in [4.78, 5) is 12.0. The number of nitrogens with one attached hydrogen (secondary N) is 1. The van der Waals surface area contributed by atoms with Crippen molar-refractivity contribution in [1.82, 2.24) is 14.8 Å². The predicted molar refractivity (Wildman–Crippen MR) is 80.1 cm³/mol. The number of aromatic nitrogens is 3. The van der Waals surface area contributed by atoms with Gasteiger partial charge in [-0.25, -0.2) is 0 Å². The lowest BCUT2D eigenvalue weighted by molar-refractivity contribution is -0.106. The minimum atomic E-state index is 0.250. The van der Waals surface area contributed by atoms with E-state index < -0.39 is 0 Å². The molecule has 2 aromatic heterocycles. The molecule has 20 heavy (non-hydrogen) atoms. The van der Waals surface area contributed by atoms with Gasteiger partial charge in [0.05, 0.1) is 11.4 Å². The lowest BCUT2D eigenvalue weighted by Gasteiger charge is -2.03. The van der Waals surface area contributed by atoms with Crippen LogP contribution in [0.15, 0.2) is 42.6 Å². The van der Waals surface area contributed by atoms with Crippen LogP contribution in [0.2, 0.25) is 0 Å². The van der Waals surface area contributed by atoms with Gasteiger partial charge in [-0.15, -0.1) is 0 Å². The zero-order chi connectivity index (χ0) is 14.4. The van der Waals surface area contributed by atoms with Crippen LogP contribution in [0.1, 0.15) is 13.3 Å². The van der Waals surface area contributed by atoms with Crippen molar-refractivity contribution >= 4 is 17.3 Å². The van der Waals surface area contributed by atoms with E-state index >= 15 is 0 Å². The molecule has 0 aliphatic rings. The summed E-state index contributed by atoms with van der Waals surface area (Å²) < 4.78 is 2.05. The van der Waals surface area contributed by atoms with Crippen molar-refractivity contribution in [2.45, 2.75) is 19.9 Å². The summed E-state index contributed by atoms with van der Waals surface area (Å²) in [6.45, 7) is 3.12. The van der Waals surface area contributed by atoms with Gasteiger partial charge in [-0.2, -0.15) is 5.10 Å². The van der Waals surface area contributed by atoms with E-state index in [1.165, 1.54) is 10.9 Å². The maximum Gasteiger partial charge on any atom is 0.204 e. The van der Waals surface area contributed by atoms with Gasteiger partial charge in [0.2, 0.25) is 6.41 Å². The van der Waals surface area contributed by atoms with Crippen molar-refractivity contribution in [3.8, 4) is 11.4 Å². The second-order valence-corrected chi connectivity index (χ2v) is 4.35. The molecule has 3 rings (SSSR count). The monoisotopic (exact) mass is 270 g/mol. The Morgan fingerprint density at radius 1 is 1.35 bits per heavy atom. The number of primary amides is 1. The topological polar surface area (TPSA) is 76.7 Å². The van der Waals surface area contributed by atoms with E-state index in [0.29, 0.717) is 0 Å². The van der Waals surface area contributed by atoms with Crippen molar-refractivity contribution in [2.75, 3.05) is 0 Å². The molecule has 0 unspecified atom stereocenters. The first-order valence-corrected chi connectivity index (χ1v) is 6.55. The number of benzene rings is 1. The number of hydrogen-bond acceptors (Lipinski definition) is 2. The number of nitrogens with two attached hydrogens (primary N) is 1. The Balaban J connectivity index is 0.000000452. The Morgan fingerprint density at radius 3 is 2.80 bits per heavy atom. The number of amides is 1. The SMILES string of the molecule is CCCn1nccc1-c1cc2ccccc2[nH]1.NC=O. The lowest BCUT2D eigenvalue weighted by Crippen LogP contribution is -2.00. The standard InChI is InChI=1S/C14H15N3.CH3NO/c1-2-9-17-14(7-8-15-17)13-10-11-5-3-4-6-12(11)16-13;2-1-3/h3-8,10,16H,2,9H2,1H3;1H,(H2,2,3). The van der Waals surface area contributed by atoms with E-state index in [4.69, 9.17) is 4.79 Å². The quantitative estimate of drug-likeness (QED) is 0.717. The predicted octanol–water partition coefficient (Wildman–Crippen LogP) is 2.54. The van der Waals surface area contributed by atoms with Crippen LogP contribution in [-0.4, -0.2) is 21.2 Å². The second kappa shape index (κ2) is 6.56. The lowest BCUT2D eigenvalue weighted by atomic mass is 10.2. The number of aryl methyl sites for hydroxylation is 1. The number of hydrogen-bond donors (Lipinski definition) is 2. The fraction of sp³-hybridized carbons (Fsp3) is 0.200. The van der Waals surface area contributed by atoms with Crippen molar-refractivity contribution in [1.29, 1.82) is 0 Å². The summed E-state index contributed by atoms with van der Waals surface area (Å²) in [7, 11) is 0. The van der Waals surface area contributed by atoms with Crippen molar-refractivity contribution in [3.63, 3.8) is 0 Å². The Hall–Kier alpha value is -2.56. The zero-order valence-electron chi connectivity index (χ0n) is 11.4. The van der Waals surface area contributed by atoms with Crippen LogP contribution in [0.4, 0.5) is 0 Å². The minimum absolute atomic E-state index is 0.250. The van der Waals surface area contributed by atoms with Crippen LogP contribution in [0.25, 0.3) is 22.3 Å². The van der Waals surface area contributed by atoms with Crippen molar-refractivity contribution in [2.24, 2.45) is 5.73 Å². The van der Waals surface area contributed by atoms with Gasteiger partial charge >= 0.3 is 0 Å². The summed E-state index contributed by atoms with van der Waals surface area (Å²) in [5, 5.41) is 5.59. The second-order valence-electron chi connectivity index (χ2n) is 4.35. The fourth-order valence-corrected chi connectivity index (χ4v) is 2.16. The molecule has 0 aliphatic carbocycles. The first-order valence-electron chi connectivity index (χ1n) is 6.55. The highest BCUT2D eigenvalue weighted by Crippen LogP contribution is 2.23. The minimum Gasteiger partial charge on any atom is -0.372 e. The Kier molecular flexibility index (Phi) is 4.55. The molecular weight excluding hydrogens is 252 g/mol. The van der Waals surface area contributed by atoms with Gasteiger partial charge in [-0.1, -0.05) is 25.1 Å². The third-order valence-corrected chi connectivity index (χ3v) is 2.96. The third-order valence-electron chi connectivity index (χ3n) is 2.96. The smallest absolute Gasteiger partial charge is 0.204 e. The average molecular weight is 270 g/mol. The third kappa shape index (κ3) is 2.88. The van der Waals surface area contributed by atoms with Gasteiger partial charge in [0, 0.05) is 23.6 Å². The molecular formula is C15H18N4O. The van der Waals surface area contributed by atoms with Gasteiger partial charge in [0.1, 0.15) is 0 Å². The summed E-state index contributed by atoms with van der Waals surface area (Å²) in [5.41, 5.74) is 7.63. The van der Waals surface area contributed by atoms with Gasteiger partial charge in [0.15, 0.2) is 0 Å². The van der Waals surface area contributed by atoms with Crippen LogP contribution in [0.3, 0.4) is 0 Å². The molecule has 0 saturated heterocycles. The fourth-order valence-electron chi connectivity index (χ4n) is 2.16. The average Bonchev–Trinajstić information content (AvgIpc) is 3.05. The molecule has 1 amide bonds. The number of para-hydroxylation sites is 1. The van der Waals surface area contributed by atoms with E-state index in [9.17, 15) is 0 Å². The Bertz CT molecular complexity index is 651. The maximum absolute atomic E-state index is 8.58. The molecule has 0 radical (unpaired) electrons. The highest BCUT2D eigenvalue weighted by atomic mass is 16.1. The van der Waals surface area contributed by atoms with Crippen LogP contribution < -0.4 is 5.73 Å². The number of aromatic amines is 1. The number of fused-ring (bicyclic) bond motifs is 1. The van der Waals surface area contributed by atoms with Crippen molar-refractivity contribution < 1.29 is 4.79 Å². The number of carbonyl (C=O) groups is 1. The molecule has 3 aromatic rings. The van der Waals surface area contributed by atoms with Gasteiger partial charge in [-0.05, 0) is 24.6 Å². The number of rotatable bonds is 3. The molecule has 0 bridgehead atoms. The summed E-state index contributed by atoms with van der Waals surface area (Å²) >= 11 is 0. The van der Waals surface area contributed by atoms with E-state index in [1.54, 1.807) is 0 Å². The first kappa shape index (κ1) is 13.9.